The van der Waals surface area contributed by atoms with Gasteiger partial charge in [-0.05, 0) is 54.2 Å². The van der Waals surface area contributed by atoms with Gasteiger partial charge in [0.2, 0.25) is 5.91 Å². The van der Waals surface area contributed by atoms with Crippen LogP contribution in [0, 0.1) is 17.2 Å². The Balaban J connectivity index is 1.63. The molecular formula is C24H28FN3OS. The molecule has 0 aliphatic carbocycles. The van der Waals surface area contributed by atoms with E-state index in [1.807, 2.05) is 29.6 Å². The summed E-state index contributed by atoms with van der Waals surface area (Å²) in [5.41, 5.74) is 3.51. The van der Waals surface area contributed by atoms with Gasteiger partial charge in [0.1, 0.15) is 5.82 Å². The number of carbonyl (C=O) groups excluding carboxylic acids is 1. The second kappa shape index (κ2) is 9.39. The Morgan fingerprint density at radius 1 is 1.13 bits per heavy atom. The molecule has 2 aromatic carbocycles. The van der Waals surface area contributed by atoms with Gasteiger partial charge in [-0.1, -0.05) is 39.8 Å². The molecule has 0 aliphatic heterocycles. The van der Waals surface area contributed by atoms with E-state index in [-0.39, 0.29) is 17.1 Å². The van der Waals surface area contributed by atoms with E-state index in [0.717, 1.165) is 34.2 Å². The molecule has 1 heterocycles. The maximum atomic E-state index is 13.1. The monoisotopic (exact) mass is 425 g/mol. The van der Waals surface area contributed by atoms with Crippen LogP contribution >= 0.6 is 11.3 Å². The van der Waals surface area contributed by atoms with Crippen molar-refractivity contribution in [2.45, 2.75) is 40.5 Å². The molecule has 3 aromatic rings. The van der Waals surface area contributed by atoms with Crippen molar-refractivity contribution in [1.82, 2.24) is 4.98 Å². The normalized spacial score (nSPS) is 12.4. The third-order valence-corrected chi connectivity index (χ3v) is 5.29. The average Bonchev–Trinajstić information content (AvgIpc) is 3.10. The first-order valence-electron chi connectivity index (χ1n) is 10.1. The number of aromatic nitrogens is 1. The van der Waals surface area contributed by atoms with Crippen LogP contribution in [0.3, 0.4) is 0 Å². The summed E-state index contributed by atoms with van der Waals surface area (Å²) in [5, 5.41) is 8.87. The van der Waals surface area contributed by atoms with Crippen LogP contribution in [0.15, 0.2) is 53.9 Å². The SMILES string of the molecule is C[C@@H](CC(=O)Nc1cccc(-c2csc(Nc3ccc(F)cc3)n2)c1)CC(C)(C)C. The number of halogens is 1. The lowest BCUT2D eigenvalue weighted by atomic mass is 9.84. The van der Waals surface area contributed by atoms with Crippen LogP contribution in [-0.4, -0.2) is 10.9 Å². The quantitative estimate of drug-likeness (QED) is 0.425. The fourth-order valence-electron chi connectivity index (χ4n) is 3.52. The van der Waals surface area contributed by atoms with Gasteiger partial charge in [0.05, 0.1) is 5.69 Å². The van der Waals surface area contributed by atoms with E-state index < -0.39 is 0 Å². The standard InChI is InChI=1S/C24H28FN3OS/c1-16(14-24(2,3)4)12-22(29)26-20-7-5-6-17(13-20)21-15-30-23(28-21)27-19-10-8-18(25)9-11-19/h5-11,13,15-16H,12,14H2,1-4H3,(H,26,29)(H,27,28)/t16-/m0/s1. The van der Waals surface area contributed by atoms with E-state index in [1.165, 1.54) is 23.5 Å². The molecule has 158 valence electrons. The summed E-state index contributed by atoms with van der Waals surface area (Å²) in [5.74, 6) is 0.0831. The van der Waals surface area contributed by atoms with E-state index in [2.05, 4.69) is 43.3 Å². The molecule has 0 spiro atoms. The first-order valence-corrected chi connectivity index (χ1v) is 10.9. The van der Waals surface area contributed by atoms with Gasteiger partial charge >= 0.3 is 0 Å². The van der Waals surface area contributed by atoms with Gasteiger partial charge in [0, 0.05) is 28.7 Å². The summed E-state index contributed by atoms with van der Waals surface area (Å²) in [7, 11) is 0. The van der Waals surface area contributed by atoms with Crippen molar-refractivity contribution in [3.63, 3.8) is 0 Å². The number of thiazole rings is 1. The molecule has 1 aromatic heterocycles. The largest absolute Gasteiger partial charge is 0.332 e. The van der Waals surface area contributed by atoms with Crippen molar-refractivity contribution in [2.24, 2.45) is 11.3 Å². The Morgan fingerprint density at radius 3 is 2.57 bits per heavy atom. The first kappa shape index (κ1) is 22.0. The van der Waals surface area contributed by atoms with Crippen LogP contribution in [0.5, 0.6) is 0 Å². The van der Waals surface area contributed by atoms with Gasteiger partial charge in [0.15, 0.2) is 5.13 Å². The van der Waals surface area contributed by atoms with Crippen LogP contribution in [0.2, 0.25) is 0 Å². The predicted molar refractivity (Wildman–Crippen MR) is 124 cm³/mol. The van der Waals surface area contributed by atoms with Crippen LogP contribution in [-0.2, 0) is 4.79 Å². The van der Waals surface area contributed by atoms with Crippen molar-refractivity contribution in [1.29, 1.82) is 0 Å². The molecule has 0 radical (unpaired) electrons. The molecule has 0 fully saturated rings. The Kier molecular flexibility index (Phi) is 6.87. The molecule has 0 saturated heterocycles. The number of benzene rings is 2. The third kappa shape index (κ3) is 6.66. The fourth-order valence-corrected chi connectivity index (χ4v) is 4.26. The molecule has 0 unspecified atom stereocenters. The molecule has 0 bridgehead atoms. The van der Waals surface area contributed by atoms with Gasteiger partial charge < -0.3 is 10.6 Å². The maximum absolute atomic E-state index is 13.1. The molecule has 3 rings (SSSR count). The molecule has 2 N–H and O–H groups in total. The first-order chi connectivity index (χ1) is 14.2. The summed E-state index contributed by atoms with van der Waals surface area (Å²) in [6, 6.07) is 13.9. The summed E-state index contributed by atoms with van der Waals surface area (Å²) in [6.07, 6.45) is 1.51. The lowest BCUT2D eigenvalue weighted by molar-refractivity contribution is -0.117. The highest BCUT2D eigenvalue weighted by Crippen LogP contribution is 2.29. The van der Waals surface area contributed by atoms with Gasteiger partial charge in [-0.3, -0.25) is 4.79 Å². The zero-order valence-electron chi connectivity index (χ0n) is 17.8. The molecular weight excluding hydrogens is 397 g/mol. The van der Waals surface area contributed by atoms with Crippen molar-refractivity contribution in [3.05, 3.63) is 59.7 Å². The maximum Gasteiger partial charge on any atom is 0.224 e. The highest BCUT2D eigenvalue weighted by molar-refractivity contribution is 7.14. The molecule has 4 nitrogen and oxygen atoms in total. The number of nitrogens with zero attached hydrogens (tertiary/aromatic N) is 1. The number of amides is 1. The predicted octanol–water partition coefficient (Wildman–Crippen LogP) is 7.09. The number of carbonyl (C=O) groups is 1. The van der Waals surface area contributed by atoms with Gasteiger partial charge in [-0.15, -0.1) is 11.3 Å². The Hall–Kier alpha value is -2.73. The molecule has 0 saturated carbocycles. The Labute approximate surface area is 181 Å². The van der Waals surface area contributed by atoms with E-state index in [9.17, 15) is 9.18 Å². The van der Waals surface area contributed by atoms with Crippen LogP contribution < -0.4 is 10.6 Å². The Morgan fingerprint density at radius 2 is 1.87 bits per heavy atom. The lowest BCUT2D eigenvalue weighted by Crippen LogP contribution is -2.18. The molecule has 0 aliphatic rings. The van der Waals surface area contributed by atoms with Crippen LogP contribution in [0.1, 0.15) is 40.5 Å². The number of hydrogen-bond donors (Lipinski definition) is 2. The smallest absolute Gasteiger partial charge is 0.224 e. The summed E-state index contributed by atoms with van der Waals surface area (Å²) in [4.78, 5) is 17.0. The average molecular weight is 426 g/mol. The van der Waals surface area contributed by atoms with E-state index >= 15 is 0 Å². The van der Waals surface area contributed by atoms with Crippen molar-refractivity contribution >= 4 is 33.8 Å². The van der Waals surface area contributed by atoms with Crippen molar-refractivity contribution in [3.8, 4) is 11.3 Å². The second-order valence-electron chi connectivity index (χ2n) is 8.87. The Bertz CT molecular complexity index is 992. The van der Waals surface area contributed by atoms with Crippen molar-refractivity contribution < 1.29 is 9.18 Å². The summed E-state index contributed by atoms with van der Waals surface area (Å²) < 4.78 is 13.1. The summed E-state index contributed by atoms with van der Waals surface area (Å²) >= 11 is 1.47. The molecule has 30 heavy (non-hydrogen) atoms. The van der Waals surface area contributed by atoms with Crippen LogP contribution in [0.4, 0.5) is 20.9 Å². The number of hydrogen-bond acceptors (Lipinski definition) is 4. The van der Waals surface area contributed by atoms with Crippen molar-refractivity contribution in [2.75, 3.05) is 10.6 Å². The van der Waals surface area contributed by atoms with E-state index in [4.69, 9.17) is 0 Å². The third-order valence-electron chi connectivity index (χ3n) is 4.54. The molecule has 1 atom stereocenters. The number of rotatable bonds is 7. The molecule has 6 heteroatoms. The zero-order valence-corrected chi connectivity index (χ0v) is 18.6. The highest BCUT2D eigenvalue weighted by atomic mass is 32.1. The molecule has 1 amide bonds. The minimum absolute atomic E-state index is 0.0286. The fraction of sp³-hybridized carbons (Fsp3) is 0.333. The number of nitrogens with one attached hydrogen (secondary N) is 2. The van der Waals surface area contributed by atoms with Crippen LogP contribution in [0.25, 0.3) is 11.3 Å². The van der Waals surface area contributed by atoms with Gasteiger partial charge in [-0.25, -0.2) is 9.37 Å². The summed E-state index contributed by atoms with van der Waals surface area (Å²) in [6.45, 7) is 8.69. The van der Waals surface area contributed by atoms with Gasteiger partial charge in [0.25, 0.3) is 0 Å². The zero-order chi connectivity index (χ0) is 21.7. The lowest BCUT2D eigenvalue weighted by Gasteiger charge is -2.22. The van der Waals surface area contributed by atoms with E-state index in [0.29, 0.717) is 12.3 Å². The van der Waals surface area contributed by atoms with Gasteiger partial charge in [-0.2, -0.15) is 0 Å². The highest BCUT2D eigenvalue weighted by Gasteiger charge is 2.18. The number of anilines is 3. The minimum Gasteiger partial charge on any atom is -0.332 e. The van der Waals surface area contributed by atoms with E-state index in [1.54, 1.807) is 12.1 Å². The topological polar surface area (TPSA) is 54.0 Å². The second-order valence-corrected chi connectivity index (χ2v) is 9.73. The minimum atomic E-state index is -0.271.